The maximum atomic E-state index is 13.5. The van der Waals surface area contributed by atoms with E-state index < -0.39 is 18.0 Å². The second kappa shape index (κ2) is 9.92. The first kappa shape index (κ1) is 23.9. The fraction of sp³-hybridized carbons (Fsp3) is 0.269. The standard InChI is InChI=1S/C26H29N5O4/c1-5-35-25(33)21-20(27-26(34)28-22(21)18-12-8-6-9-13-18)16-29(3)23-17(2)30(4)31(24(23)32)19-14-10-7-11-15-19/h6-15,22H,5,16H2,1-4H3,(H2,27,28,34). The summed E-state index contributed by atoms with van der Waals surface area (Å²) in [5, 5.41) is 5.59. The molecule has 3 aromatic rings. The Morgan fingerprint density at radius 3 is 2.31 bits per heavy atom. The molecule has 1 aliphatic rings. The summed E-state index contributed by atoms with van der Waals surface area (Å²) in [4.78, 5) is 40.8. The molecule has 0 fully saturated rings. The molecule has 2 aromatic carbocycles. The Kier molecular flexibility index (Phi) is 6.77. The third kappa shape index (κ3) is 4.57. The summed E-state index contributed by atoms with van der Waals surface area (Å²) in [5.74, 6) is -0.524. The first-order chi connectivity index (χ1) is 16.8. The number of carbonyl (C=O) groups is 2. The number of para-hydroxylation sites is 1. The molecule has 4 rings (SSSR count). The Morgan fingerprint density at radius 2 is 1.69 bits per heavy atom. The molecule has 1 aliphatic heterocycles. The third-order valence-electron chi connectivity index (χ3n) is 6.08. The van der Waals surface area contributed by atoms with Crippen molar-refractivity contribution in [1.29, 1.82) is 0 Å². The molecule has 0 aliphatic carbocycles. The number of hydrogen-bond donors (Lipinski definition) is 2. The highest BCUT2D eigenvalue weighted by atomic mass is 16.5. The van der Waals surface area contributed by atoms with Gasteiger partial charge in [0.2, 0.25) is 0 Å². The summed E-state index contributed by atoms with van der Waals surface area (Å²) in [6.45, 7) is 3.91. The largest absolute Gasteiger partial charge is 0.463 e. The Balaban J connectivity index is 1.78. The number of nitrogens with zero attached hydrogens (tertiary/aromatic N) is 3. The number of benzene rings is 2. The normalized spacial score (nSPS) is 15.4. The molecule has 182 valence electrons. The Morgan fingerprint density at radius 1 is 1.06 bits per heavy atom. The molecule has 0 saturated heterocycles. The first-order valence-corrected chi connectivity index (χ1v) is 11.4. The second-order valence-corrected chi connectivity index (χ2v) is 8.32. The number of carbonyl (C=O) groups excluding carboxylic acids is 2. The zero-order valence-electron chi connectivity index (χ0n) is 20.2. The van der Waals surface area contributed by atoms with E-state index in [1.165, 1.54) is 0 Å². The van der Waals surface area contributed by atoms with Gasteiger partial charge in [0.1, 0.15) is 5.69 Å². The molecule has 9 nitrogen and oxygen atoms in total. The Bertz CT molecular complexity index is 1330. The predicted octanol–water partition coefficient (Wildman–Crippen LogP) is 2.79. The van der Waals surface area contributed by atoms with Gasteiger partial charge < -0.3 is 20.3 Å². The van der Waals surface area contributed by atoms with Crippen molar-refractivity contribution in [2.45, 2.75) is 19.9 Å². The average Bonchev–Trinajstić information content (AvgIpc) is 3.07. The quantitative estimate of drug-likeness (QED) is 0.512. The van der Waals surface area contributed by atoms with E-state index in [-0.39, 0.29) is 18.7 Å². The van der Waals surface area contributed by atoms with Gasteiger partial charge in [-0.05, 0) is 31.5 Å². The number of likely N-dealkylation sites (N-methyl/N-ethyl adjacent to an activating group) is 1. The lowest BCUT2D eigenvalue weighted by molar-refractivity contribution is -0.139. The monoisotopic (exact) mass is 475 g/mol. The van der Waals surface area contributed by atoms with E-state index in [1.54, 1.807) is 28.2 Å². The fourth-order valence-corrected chi connectivity index (χ4v) is 4.40. The minimum atomic E-state index is -0.676. The van der Waals surface area contributed by atoms with E-state index in [0.717, 1.165) is 16.9 Å². The van der Waals surface area contributed by atoms with Crippen LogP contribution in [0.1, 0.15) is 24.2 Å². The summed E-state index contributed by atoms with van der Waals surface area (Å²) >= 11 is 0. The van der Waals surface area contributed by atoms with E-state index in [1.807, 2.05) is 74.6 Å². The van der Waals surface area contributed by atoms with Gasteiger partial charge in [0, 0.05) is 14.1 Å². The first-order valence-electron chi connectivity index (χ1n) is 11.4. The van der Waals surface area contributed by atoms with Crippen LogP contribution >= 0.6 is 0 Å². The van der Waals surface area contributed by atoms with Crippen molar-refractivity contribution < 1.29 is 14.3 Å². The van der Waals surface area contributed by atoms with Crippen molar-refractivity contribution in [2.24, 2.45) is 7.05 Å². The summed E-state index contributed by atoms with van der Waals surface area (Å²) in [6, 6.07) is 17.5. The molecule has 0 spiro atoms. The number of amides is 2. The highest BCUT2D eigenvalue weighted by molar-refractivity contribution is 5.95. The van der Waals surface area contributed by atoms with E-state index in [2.05, 4.69) is 10.6 Å². The van der Waals surface area contributed by atoms with Crippen molar-refractivity contribution in [1.82, 2.24) is 20.0 Å². The van der Waals surface area contributed by atoms with Crippen molar-refractivity contribution in [3.05, 3.63) is 93.5 Å². The molecule has 0 saturated carbocycles. The number of anilines is 1. The predicted molar refractivity (Wildman–Crippen MR) is 134 cm³/mol. The minimum absolute atomic E-state index is 0.125. The lowest BCUT2D eigenvalue weighted by Gasteiger charge is -2.31. The van der Waals surface area contributed by atoms with Crippen LogP contribution in [0.3, 0.4) is 0 Å². The van der Waals surface area contributed by atoms with Crippen LogP contribution < -0.4 is 21.1 Å². The van der Waals surface area contributed by atoms with E-state index in [4.69, 9.17) is 4.74 Å². The van der Waals surface area contributed by atoms with Crippen LogP contribution in [0, 0.1) is 6.92 Å². The van der Waals surface area contributed by atoms with Crippen LogP contribution in [0.5, 0.6) is 0 Å². The van der Waals surface area contributed by atoms with E-state index in [0.29, 0.717) is 17.0 Å². The SMILES string of the molecule is CCOC(=O)C1=C(CN(C)c2c(C)n(C)n(-c3ccccc3)c2=O)NC(=O)NC1c1ccccc1. The summed E-state index contributed by atoms with van der Waals surface area (Å²) in [7, 11) is 3.59. The lowest BCUT2D eigenvalue weighted by Crippen LogP contribution is -2.48. The zero-order chi connectivity index (χ0) is 25.1. The minimum Gasteiger partial charge on any atom is -0.463 e. The number of aromatic nitrogens is 2. The molecule has 1 atom stereocenters. The van der Waals surface area contributed by atoms with Gasteiger partial charge in [-0.25, -0.2) is 14.3 Å². The zero-order valence-corrected chi connectivity index (χ0v) is 20.2. The molecule has 2 N–H and O–H groups in total. The van der Waals surface area contributed by atoms with Crippen LogP contribution in [0.25, 0.3) is 5.69 Å². The van der Waals surface area contributed by atoms with Gasteiger partial charge in [0.25, 0.3) is 5.56 Å². The summed E-state index contributed by atoms with van der Waals surface area (Å²) in [5.41, 5.74) is 3.22. The van der Waals surface area contributed by atoms with Crippen molar-refractivity contribution in [3.63, 3.8) is 0 Å². The highest BCUT2D eigenvalue weighted by Gasteiger charge is 2.34. The number of ether oxygens (including phenoxy) is 1. The van der Waals surface area contributed by atoms with Gasteiger partial charge >= 0.3 is 12.0 Å². The molecule has 35 heavy (non-hydrogen) atoms. The number of hydrogen-bond acceptors (Lipinski definition) is 5. The number of rotatable bonds is 7. The van der Waals surface area contributed by atoms with Crippen molar-refractivity contribution >= 4 is 17.7 Å². The molecule has 1 aromatic heterocycles. The highest BCUT2D eigenvalue weighted by Crippen LogP contribution is 2.29. The van der Waals surface area contributed by atoms with Gasteiger partial charge in [0.05, 0.1) is 41.8 Å². The van der Waals surface area contributed by atoms with Crippen LogP contribution in [-0.4, -0.2) is 41.6 Å². The van der Waals surface area contributed by atoms with Crippen LogP contribution in [0.15, 0.2) is 76.7 Å². The molecule has 0 bridgehead atoms. The Labute approximate surface area is 203 Å². The van der Waals surface area contributed by atoms with Gasteiger partial charge in [-0.2, -0.15) is 0 Å². The smallest absolute Gasteiger partial charge is 0.338 e. The Hall–Kier alpha value is -4.27. The molecule has 0 radical (unpaired) electrons. The number of nitrogens with one attached hydrogen (secondary N) is 2. The average molecular weight is 476 g/mol. The van der Waals surface area contributed by atoms with Crippen LogP contribution in [0.4, 0.5) is 10.5 Å². The van der Waals surface area contributed by atoms with Gasteiger partial charge in [0.15, 0.2) is 0 Å². The molecule has 2 heterocycles. The third-order valence-corrected chi connectivity index (χ3v) is 6.08. The summed E-state index contributed by atoms with van der Waals surface area (Å²) < 4.78 is 8.72. The fourth-order valence-electron chi connectivity index (χ4n) is 4.40. The van der Waals surface area contributed by atoms with Gasteiger partial charge in [-0.3, -0.25) is 9.48 Å². The van der Waals surface area contributed by atoms with Crippen molar-refractivity contribution in [2.75, 3.05) is 25.1 Å². The van der Waals surface area contributed by atoms with E-state index >= 15 is 0 Å². The summed E-state index contributed by atoms with van der Waals surface area (Å²) in [6.07, 6.45) is 0. The number of esters is 1. The van der Waals surface area contributed by atoms with Gasteiger partial charge in [-0.15, -0.1) is 0 Å². The second-order valence-electron chi connectivity index (χ2n) is 8.32. The molecular weight excluding hydrogens is 446 g/mol. The molecule has 1 unspecified atom stereocenters. The maximum absolute atomic E-state index is 13.5. The van der Waals surface area contributed by atoms with Crippen molar-refractivity contribution in [3.8, 4) is 5.69 Å². The molecule has 2 amide bonds. The molecule has 9 heteroatoms. The lowest BCUT2D eigenvalue weighted by atomic mass is 9.95. The van der Waals surface area contributed by atoms with E-state index in [9.17, 15) is 14.4 Å². The molecular formula is C26H29N5O4. The van der Waals surface area contributed by atoms with Gasteiger partial charge in [-0.1, -0.05) is 48.5 Å². The topological polar surface area (TPSA) is 97.6 Å². The maximum Gasteiger partial charge on any atom is 0.338 e. The van der Waals surface area contributed by atoms with Crippen LogP contribution in [0.2, 0.25) is 0 Å². The number of urea groups is 1. The van der Waals surface area contributed by atoms with Crippen LogP contribution in [-0.2, 0) is 16.6 Å².